The molecular weight excluding hydrogens is 480 g/mol. The second-order valence-electron chi connectivity index (χ2n) is 8.10. The summed E-state index contributed by atoms with van der Waals surface area (Å²) in [4.78, 5) is 13.1. The number of anilines is 1. The average Bonchev–Trinajstić information content (AvgIpc) is 2.75. The van der Waals surface area contributed by atoms with Crippen molar-refractivity contribution in [1.82, 2.24) is 4.31 Å². The van der Waals surface area contributed by atoms with Crippen molar-refractivity contribution in [2.24, 2.45) is 0 Å². The molecule has 1 aliphatic carbocycles. The van der Waals surface area contributed by atoms with Crippen LogP contribution in [-0.2, 0) is 10.0 Å². The molecule has 0 saturated heterocycles. The van der Waals surface area contributed by atoms with Gasteiger partial charge >= 0.3 is 0 Å². The zero-order chi connectivity index (χ0) is 22.6. The van der Waals surface area contributed by atoms with Crippen molar-refractivity contribution >= 4 is 37.5 Å². The van der Waals surface area contributed by atoms with E-state index in [0.29, 0.717) is 17.0 Å². The summed E-state index contributed by atoms with van der Waals surface area (Å²) in [5, 5.41) is 2.82. The number of ether oxygens (including phenoxy) is 1. The van der Waals surface area contributed by atoms with Crippen LogP contribution in [0, 0.1) is 0 Å². The topological polar surface area (TPSA) is 75.7 Å². The molecule has 0 aromatic heterocycles. The van der Waals surface area contributed by atoms with E-state index in [0.717, 1.165) is 30.2 Å². The van der Waals surface area contributed by atoms with E-state index in [1.54, 1.807) is 31.3 Å². The Kier molecular flexibility index (Phi) is 7.78. The summed E-state index contributed by atoms with van der Waals surface area (Å²) in [5.74, 6) is 0.163. The molecule has 1 fully saturated rings. The first-order valence-corrected chi connectivity index (χ1v) is 12.8. The molecule has 1 aliphatic rings. The Morgan fingerprint density at radius 1 is 1.10 bits per heavy atom. The van der Waals surface area contributed by atoms with Crippen LogP contribution in [0.25, 0.3) is 0 Å². The van der Waals surface area contributed by atoms with Gasteiger partial charge in [-0.3, -0.25) is 4.79 Å². The fraction of sp³-hybridized carbons (Fsp3) is 0.435. The molecule has 0 bridgehead atoms. The Balaban J connectivity index is 1.75. The third-order valence-electron chi connectivity index (χ3n) is 5.43. The fourth-order valence-corrected chi connectivity index (χ4v) is 5.53. The lowest BCUT2D eigenvalue weighted by Gasteiger charge is -2.30. The summed E-state index contributed by atoms with van der Waals surface area (Å²) < 4.78 is 34.0. The standard InChI is InChI=1S/C23H29BrN2O4S/c1-16(2)30-22-14-9-17(24)15-21(22)23(27)25-18-10-12-20(13-11-18)31(28,29)26(3)19-7-5-4-6-8-19/h9-16,19H,4-8H2,1-3H3,(H,25,27). The van der Waals surface area contributed by atoms with Gasteiger partial charge in [0.25, 0.3) is 5.91 Å². The van der Waals surface area contributed by atoms with Crippen LogP contribution in [-0.4, -0.2) is 37.8 Å². The minimum atomic E-state index is -3.57. The van der Waals surface area contributed by atoms with E-state index >= 15 is 0 Å². The summed E-state index contributed by atoms with van der Waals surface area (Å²) in [6.07, 6.45) is 5.02. The van der Waals surface area contributed by atoms with Gasteiger partial charge in [0.2, 0.25) is 10.0 Å². The molecule has 0 spiro atoms. The maximum atomic E-state index is 13.0. The smallest absolute Gasteiger partial charge is 0.259 e. The SMILES string of the molecule is CC(C)Oc1ccc(Br)cc1C(=O)Nc1ccc(S(=O)(=O)N(C)C2CCCCC2)cc1. The minimum absolute atomic E-state index is 0.0500. The van der Waals surface area contributed by atoms with Crippen molar-refractivity contribution in [2.75, 3.05) is 12.4 Å². The van der Waals surface area contributed by atoms with Gasteiger partial charge in [-0.2, -0.15) is 4.31 Å². The number of carbonyl (C=O) groups excluding carboxylic acids is 1. The van der Waals surface area contributed by atoms with Gasteiger partial charge in [0.1, 0.15) is 5.75 Å². The van der Waals surface area contributed by atoms with Crippen molar-refractivity contribution in [2.45, 2.75) is 63.0 Å². The lowest BCUT2D eigenvalue weighted by Crippen LogP contribution is -2.38. The summed E-state index contributed by atoms with van der Waals surface area (Å²) in [7, 11) is -1.91. The Morgan fingerprint density at radius 3 is 2.35 bits per heavy atom. The fourth-order valence-electron chi connectivity index (χ4n) is 3.75. The highest BCUT2D eigenvalue weighted by atomic mass is 79.9. The van der Waals surface area contributed by atoms with Crippen LogP contribution in [0.2, 0.25) is 0 Å². The van der Waals surface area contributed by atoms with Gasteiger partial charge in [-0.1, -0.05) is 35.2 Å². The van der Waals surface area contributed by atoms with Crippen molar-refractivity contribution in [3.05, 3.63) is 52.5 Å². The van der Waals surface area contributed by atoms with Crippen LogP contribution in [0.4, 0.5) is 5.69 Å². The first kappa shape index (κ1) is 23.8. The van der Waals surface area contributed by atoms with Crippen LogP contribution in [0.3, 0.4) is 0 Å². The number of sulfonamides is 1. The van der Waals surface area contributed by atoms with Gasteiger partial charge in [-0.25, -0.2) is 8.42 Å². The first-order valence-electron chi connectivity index (χ1n) is 10.5. The molecule has 1 amide bonds. The van der Waals surface area contributed by atoms with E-state index in [4.69, 9.17) is 4.74 Å². The zero-order valence-electron chi connectivity index (χ0n) is 18.1. The number of carbonyl (C=O) groups is 1. The summed E-state index contributed by atoms with van der Waals surface area (Å²) in [6.45, 7) is 3.79. The summed E-state index contributed by atoms with van der Waals surface area (Å²) in [6, 6.07) is 11.6. The lowest BCUT2D eigenvalue weighted by molar-refractivity contribution is 0.102. The highest BCUT2D eigenvalue weighted by Gasteiger charge is 2.29. The zero-order valence-corrected chi connectivity index (χ0v) is 20.5. The monoisotopic (exact) mass is 508 g/mol. The number of benzene rings is 2. The molecule has 1 N–H and O–H groups in total. The van der Waals surface area contributed by atoms with E-state index in [-0.39, 0.29) is 22.9 Å². The summed E-state index contributed by atoms with van der Waals surface area (Å²) >= 11 is 3.39. The molecule has 2 aromatic rings. The number of nitrogens with zero attached hydrogens (tertiary/aromatic N) is 1. The average molecular weight is 509 g/mol. The molecule has 8 heteroatoms. The maximum absolute atomic E-state index is 13.0. The largest absolute Gasteiger partial charge is 0.490 e. The molecule has 0 heterocycles. The number of nitrogens with one attached hydrogen (secondary N) is 1. The molecular formula is C23H29BrN2O4S. The number of hydrogen-bond acceptors (Lipinski definition) is 4. The van der Waals surface area contributed by atoms with Gasteiger partial charge in [0.15, 0.2) is 0 Å². The van der Waals surface area contributed by atoms with Gasteiger partial charge in [-0.15, -0.1) is 0 Å². The normalized spacial score (nSPS) is 15.3. The van der Waals surface area contributed by atoms with E-state index in [9.17, 15) is 13.2 Å². The molecule has 2 aromatic carbocycles. The van der Waals surface area contributed by atoms with Gasteiger partial charge in [0.05, 0.1) is 16.6 Å². The van der Waals surface area contributed by atoms with Crippen LogP contribution >= 0.6 is 15.9 Å². The highest BCUT2D eigenvalue weighted by molar-refractivity contribution is 9.10. The molecule has 3 rings (SSSR count). The molecule has 0 atom stereocenters. The predicted molar refractivity (Wildman–Crippen MR) is 126 cm³/mol. The molecule has 0 aliphatic heterocycles. The van der Waals surface area contributed by atoms with E-state index in [1.807, 2.05) is 19.9 Å². The van der Waals surface area contributed by atoms with Crippen LogP contribution in [0.5, 0.6) is 5.75 Å². The van der Waals surface area contributed by atoms with E-state index in [1.165, 1.54) is 22.9 Å². The summed E-state index contributed by atoms with van der Waals surface area (Å²) in [5.41, 5.74) is 0.913. The van der Waals surface area contributed by atoms with Gasteiger partial charge in [-0.05, 0) is 69.2 Å². The second-order valence-corrected chi connectivity index (χ2v) is 11.0. The molecule has 1 saturated carbocycles. The Bertz CT molecular complexity index is 1020. The van der Waals surface area contributed by atoms with Crippen LogP contribution < -0.4 is 10.1 Å². The van der Waals surface area contributed by atoms with Crippen molar-refractivity contribution < 1.29 is 17.9 Å². The van der Waals surface area contributed by atoms with Gasteiger partial charge in [0, 0.05) is 23.2 Å². The molecule has 0 unspecified atom stereocenters. The van der Waals surface area contributed by atoms with Crippen molar-refractivity contribution in [3.63, 3.8) is 0 Å². The number of amides is 1. The van der Waals surface area contributed by atoms with Crippen LogP contribution in [0.15, 0.2) is 51.8 Å². The third-order valence-corrected chi connectivity index (χ3v) is 7.84. The van der Waals surface area contributed by atoms with Gasteiger partial charge < -0.3 is 10.1 Å². The first-order chi connectivity index (χ1) is 14.7. The Morgan fingerprint density at radius 2 is 1.74 bits per heavy atom. The molecule has 168 valence electrons. The molecule has 31 heavy (non-hydrogen) atoms. The number of halogens is 1. The van der Waals surface area contributed by atoms with Crippen molar-refractivity contribution in [1.29, 1.82) is 0 Å². The predicted octanol–water partition coefficient (Wildman–Crippen LogP) is 5.44. The van der Waals surface area contributed by atoms with Crippen LogP contribution in [0.1, 0.15) is 56.3 Å². The molecule has 0 radical (unpaired) electrons. The Labute approximate surface area is 193 Å². The number of rotatable bonds is 7. The van der Waals surface area contributed by atoms with Crippen molar-refractivity contribution in [3.8, 4) is 5.75 Å². The second kappa shape index (κ2) is 10.1. The Hall–Kier alpha value is -1.90. The quantitative estimate of drug-likeness (QED) is 0.539. The van der Waals surface area contributed by atoms with E-state index in [2.05, 4.69) is 21.2 Å². The lowest BCUT2D eigenvalue weighted by atomic mass is 9.96. The minimum Gasteiger partial charge on any atom is -0.490 e. The molecule has 6 nitrogen and oxygen atoms in total. The highest BCUT2D eigenvalue weighted by Crippen LogP contribution is 2.28. The maximum Gasteiger partial charge on any atom is 0.259 e. The third kappa shape index (κ3) is 5.87. The van der Waals surface area contributed by atoms with E-state index < -0.39 is 10.0 Å². The number of hydrogen-bond donors (Lipinski definition) is 1.